The highest BCUT2D eigenvalue weighted by Gasteiger charge is 2.52. The average molecular weight is 548 g/mol. The summed E-state index contributed by atoms with van der Waals surface area (Å²) in [5.41, 5.74) is 12.6. The van der Waals surface area contributed by atoms with Crippen LogP contribution in [0.1, 0.15) is 22.3 Å². The van der Waals surface area contributed by atoms with E-state index in [1.165, 1.54) is 44.5 Å². The predicted octanol–water partition coefficient (Wildman–Crippen LogP) is 9.22. The highest BCUT2D eigenvalue weighted by atomic mass is 15.0. The Kier molecular flexibility index (Phi) is 5.11. The lowest BCUT2D eigenvalue weighted by Gasteiger charge is -2.31. The molecule has 43 heavy (non-hydrogen) atoms. The van der Waals surface area contributed by atoms with Crippen LogP contribution in [0.15, 0.2) is 152 Å². The van der Waals surface area contributed by atoms with Gasteiger partial charge in [0.05, 0.1) is 5.41 Å². The Morgan fingerprint density at radius 3 is 1.19 bits per heavy atom. The van der Waals surface area contributed by atoms with Gasteiger partial charge < -0.3 is 0 Å². The fraction of sp³-hybridized carbons (Fsp3) is 0.0250. The van der Waals surface area contributed by atoms with Crippen LogP contribution in [-0.4, -0.2) is 15.0 Å². The van der Waals surface area contributed by atoms with Crippen LogP contribution in [0.4, 0.5) is 0 Å². The Morgan fingerprint density at radius 1 is 0.302 bits per heavy atom. The predicted molar refractivity (Wildman–Crippen MR) is 172 cm³/mol. The van der Waals surface area contributed by atoms with Crippen LogP contribution in [0.25, 0.3) is 56.4 Å². The van der Waals surface area contributed by atoms with E-state index in [0.29, 0.717) is 17.5 Å². The average Bonchev–Trinajstić information content (AvgIpc) is 3.56. The van der Waals surface area contributed by atoms with E-state index < -0.39 is 5.41 Å². The van der Waals surface area contributed by atoms with Crippen molar-refractivity contribution in [3.05, 3.63) is 174 Å². The molecule has 200 valence electrons. The van der Waals surface area contributed by atoms with Crippen LogP contribution in [0, 0.1) is 0 Å². The first-order valence-corrected chi connectivity index (χ1v) is 14.6. The minimum absolute atomic E-state index is 0.484. The molecule has 9 rings (SSSR count). The second-order valence-electron chi connectivity index (χ2n) is 11.2. The molecule has 7 aromatic rings. The minimum Gasteiger partial charge on any atom is -0.208 e. The number of rotatable bonds is 3. The van der Waals surface area contributed by atoms with Crippen molar-refractivity contribution >= 4 is 0 Å². The summed E-state index contributed by atoms with van der Waals surface area (Å²) in [6.07, 6.45) is 0. The standard InChI is InChI=1S/C40H25N3/c1-3-14-26(15-4-1)37-41-38(27-16-5-2-6-17-27)43-39(42-37)32-22-13-21-31-30-20-9-12-25-35(30)40(36(31)32)33-23-10-7-18-28(33)29-19-8-11-24-34(29)40/h1-25H. The molecule has 6 aromatic carbocycles. The van der Waals surface area contributed by atoms with E-state index in [1.54, 1.807) is 0 Å². The highest BCUT2D eigenvalue weighted by molar-refractivity contribution is 5.98. The van der Waals surface area contributed by atoms with Gasteiger partial charge in [-0.2, -0.15) is 0 Å². The van der Waals surface area contributed by atoms with Crippen molar-refractivity contribution in [3.8, 4) is 56.4 Å². The van der Waals surface area contributed by atoms with E-state index in [4.69, 9.17) is 15.0 Å². The number of hydrogen-bond donors (Lipinski definition) is 0. The molecule has 1 aromatic heterocycles. The zero-order valence-electron chi connectivity index (χ0n) is 23.3. The van der Waals surface area contributed by atoms with Gasteiger partial charge in [-0.15, -0.1) is 0 Å². The van der Waals surface area contributed by atoms with E-state index >= 15 is 0 Å². The van der Waals surface area contributed by atoms with E-state index in [1.807, 2.05) is 36.4 Å². The second-order valence-corrected chi connectivity index (χ2v) is 11.2. The summed E-state index contributed by atoms with van der Waals surface area (Å²) < 4.78 is 0. The monoisotopic (exact) mass is 547 g/mol. The molecular weight excluding hydrogens is 522 g/mol. The van der Waals surface area contributed by atoms with Gasteiger partial charge in [-0.05, 0) is 44.5 Å². The molecule has 0 saturated carbocycles. The van der Waals surface area contributed by atoms with Crippen LogP contribution in [-0.2, 0) is 5.41 Å². The van der Waals surface area contributed by atoms with E-state index in [-0.39, 0.29) is 0 Å². The Hall–Kier alpha value is -5.67. The van der Waals surface area contributed by atoms with Gasteiger partial charge in [0.2, 0.25) is 0 Å². The lowest BCUT2D eigenvalue weighted by atomic mass is 9.69. The summed E-state index contributed by atoms with van der Waals surface area (Å²) >= 11 is 0. The van der Waals surface area contributed by atoms with Gasteiger partial charge in [-0.25, -0.2) is 15.0 Å². The first-order valence-electron chi connectivity index (χ1n) is 14.6. The van der Waals surface area contributed by atoms with Crippen molar-refractivity contribution in [2.45, 2.75) is 5.41 Å². The Balaban J connectivity index is 1.40. The number of nitrogens with zero attached hydrogens (tertiary/aromatic N) is 3. The van der Waals surface area contributed by atoms with Gasteiger partial charge in [0, 0.05) is 16.7 Å². The first kappa shape index (κ1) is 24.0. The van der Waals surface area contributed by atoms with Gasteiger partial charge in [0.15, 0.2) is 17.5 Å². The molecular formula is C40H25N3. The molecule has 0 N–H and O–H groups in total. The van der Waals surface area contributed by atoms with Gasteiger partial charge >= 0.3 is 0 Å². The van der Waals surface area contributed by atoms with Crippen molar-refractivity contribution in [2.24, 2.45) is 0 Å². The topological polar surface area (TPSA) is 38.7 Å². The van der Waals surface area contributed by atoms with E-state index in [2.05, 4.69) is 115 Å². The summed E-state index contributed by atoms with van der Waals surface area (Å²) in [4.78, 5) is 15.3. The van der Waals surface area contributed by atoms with Gasteiger partial charge in [-0.3, -0.25) is 0 Å². The number of fused-ring (bicyclic) bond motifs is 10. The first-order chi connectivity index (χ1) is 21.3. The number of benzene rings is 6. The normalized spacial score (nSPS) is 13.3. The molecule has 0 radical (unpaired) electrons. The molecule has 3 nitrogen and oxygen atoms in total. The van der Waals surface area contributed by atoms with Crippen LogP contribution in [0.3, 0.4) is 0 Å². The van der Waals surface area contributed by atoms with Gasteiger partial charge in [0.1, 0.15) is 0 Å². The molecule has 0 saturated heterocycles. The minimum atomic E-state index is -0.484. The third-order valence-corrected chi connectivity index (χ3v) is 8.95. The fourth-order valence-corrected chi connectivity index (χ4v) is 7.27. The third-order valence-electron chi connectivity index (χ3n) is 8.95. The van der Waals surface area contributed by atoms with Gasteiger partial charge in [0.25, 0.3) is 0 Å². The molecule has 1 heterocycles. The summed E-state index contributed by atoms with van der Waals surface area (Å²) in [5.74, 6) is 2.01. The lowest BCUT2D eigenvalue weighted by Crippen LogP contribution is -2.26. The van der Waals surface area contributed by atoms with Crippen LogP contribution < -0.4 is 0 Å². The number of aromatic nitrogens is 3. The zero-order chi connectivity index (χ0) is 28.4. The van der Waals surface area contributed by atoms with E-state index in [9.17, 15) is 0 Å². The molecule has 2 aliphatic rings. The summed E-state index contributed by atoms with van der Waals surface area (Å²) in [6, 6.07) is 53.6. The third kappa shape index (κ3) is 3.33. The second kappa shape index (κ2) is 9.17. The molecule has 0 amide bonds. The molecule has 0 fully saturated rings. The van der Waals surface area contributed by atoms with Crippen molar-refractivity contribution in [3.63, 3.8) is 0 Å². The maximum absolute atomic E-state index is 5.18. The quantitative estimate of drug-likeness (QED) is 0.221. The summed E-state index contributed by atoms with van der Waals surface area (Å²) in [7, 11) is 0. The van der Waals surface area contributed by atoms with Crippen molar-refractivity contribution in [2.75, 3.05) is 0 Å². The molecule has 0 unspecified atom stereocenters. The Morgan fingerprint density at radius 2 is 0.674 bits per heavy atom. The zero-order valence-corrected chi connectivity index (χ0v) is 23.3. The van der Waals surface area contributed by atoms with Crippen LogP contribution in [0.2, 0.25) is 0 Å². The summed E-state index contributed by atoms with van der Waals surface area (Å²) in [6.45, 7) is 0. The molecule has 2 aliphatic carbocycles. The molecule has 0 atom stereocenters. The largest absolute Gasteiger partial charge is 0.208 e. The van der Waals surface area contributed by atoms with Crippen LogP contribution >= 0.6 is 0 Å². The lowest BCUT2D eigenvalue weighted by molar-refractivity contribution is 0.794. The molecule has 0 aliphatic heterocycles. The maximum atomic E-state index is 5.18. The maximum Gasteiger partial charge on any atom is 0.164 e. The van der Waals surface area contributed by atoms with E-state index in [0.717, 1.165) is 16.7 Å². The van der Waals surface area contributed by atoms with Crippen molar-refractivity contribution in [1.29, 1.82) is 0 Å². The van der Waals surface area contributed by atoms with Crippen molar-refractivity contribution < 1.29 is 0 Å². The highest BCUT2D eigenvalue weighted by Crippen LogP contribution is 2.64. The molecule has 0 bridgehead atoms. The fourth-order valence-electron chi connectivity index (χ4n) is 7.27. The molecule has 1 spiro atoms. The smallest absolute Gasteiger partial charge is 0.164 e. The SMILES string of the molecule is c1ccc(-c2nc(-c3ccccc3)nc(-c3cccc4c3C3(c5ccccc5-c5ccccc53)c3ccccc3-4)n2)cc1. The summed E-state index contributed by atoms with van der Waals surface area (Å²) in [5, 5.41) is 0. The molecule has 3 heteroatoms. The number of hydrogen-bond acceptors (Lipinski definition) is 3. The van der Waals surface area contributed by atoms with Crippen molar-refractivity contribution in [1.82, 2.24) is 15.0 Å². The van der Waals surface area contributed by atoms with Crippen LogP contribution in [0.5, 0.6) is 0 Å². The Bertz CT molecular complexity index is 2060. The van der Waals surface area contributed by atoms with Gasteiger partial charge in [-0.1, -0.05) is 152 Å². The Labute approximate surface area is 250 Å².